The fourth-order valence-corrected chi connectivity index (χ4v) is 3.94. The molecular weight excluding hydrogens is 428 g/mol. The van der Waals surface area contributed by atoms with E-state index in [0.29, 0.717) is 37.7 Å². The molecule has 7 heteroatoms. The summed E-state index contributed by atoms with van der Waals surface area (Å²) in [6.07, 6.45) is 4.01. The Bertz CT molecular complexity index is 923. The van der Waals surface area contributed by atoms with Gasteiger partial charge in [-0.25, -0.2) is 5.43 Å². The zero-order chi connectivity index (χ0) is 24.2. The Morgan fingerprint density at radius 1 is 1.03 bits per heavy atom. The lowest BCUT2D eigenvalue weighted by Gasteiger charge is -2.33. The van der Waals surface area contributed by atoms with E-state index < -0.39 is 0 Å². The Balaban J connectivity index is 1.47. The highest BCUT2D eigenvalue weighted by Crippen LogP contribution is 2.14. The Hall–Kier alpha value is -3.03. The molecule has 2 aromatic carbocycles. The van der Waals surface area contributed by atoms with E-state index in [1.807, 2.05) is 30.3 Å². The second-order valence-corrected chi connectivity index (χ2v) is 8.84. The normalized spacial score (nSPS) is 15.4. The van der Waals surface area contributed by atoms with Crippen LogP contribution in [0.25, 0.3) is 0 Å². The molecule has 0 spiro atoms. The number of carbonyl (C=O) groups excluding carboxylic acids is 2. The summed E-state index contributed by atoms with van der Waals surface area (Å²) in [5.41, 5.74) is 5.60. The first-order valence-corrected chi connectivity index (χ1v) is 12.1. The smallest absolute Gasteiger partial charge is 0.257 e. The third kappa shape index (κ3) is 8.08. The highest BCUT2D eigenvalue weighted by molar-refractivity contribution is 5.94. The number of nitrogens with one attached hydrogen (secondary N) is 2. The van der Waals surface area contributed by atoms with Gasteiger partial charge in [0.2, 0.25) is 0 Å². The van der Waals surface area contributed by atoms with Gasteiger partial charge in [0, 0.05) is 25.2 Å². The predicted octanol–water partition coefficient (Wildman–Crippen LogP) is 3.56. The van der Waals surface area contributed by atoms with Crippen LogP contribution in [0.3, 0.4) is 0 Å². The lowest BCUT2D eigenvalue weighted by molar-refractivity contribution is -0.128. The van der Waals surface area contributed by atoms with Crippen molar-refractivity contribution in [3.8, 4) is 0 Å². The van der Waals surface area contributed by atoms with E-state index >= 15 is 0 Å². The molecule has 1 unspecified atom stereocenters. The topological polar surface area (TPSA) is 83.0 Å². The van der Waals surface area contributed by atoms with Crippen molar-refractivity contribution in [2.45, 2.75) is 45.1 Å². The first-order chi connectivity index (χ1) is 16.5. The van der Waals surface area contributed by atoms with Gasteiger partial charge in [0.25, 0.3) is 11.8 Å². The number of amides is 2. The van der Waals surface area contributed by atoms with Crippen LogP contribution in [-0.2, 0) is 9.53 Å². The zero-order valence-corrected chi connectivity index (χ0v) is 20.2. The molecule has 1 fully saturated rings. The molecule has 2 N–H and O–H groups in total. The van der Waals surface area contributed by atoms with Crippen molar-refractivity contribution in [2.24, 2.45) is 5.10 Å². The summed E-state index contributed by atoms with van der Waals surface area (Å²) < 4.78 is 5.46. The number of benzene rings is 2. The molecule has 3 rings (SSSR count). The van der Waals surface area contributed by atoms with Gasteiger partial charge in [-0.15, -0.1) is 0 Å². The summed E-state index contributed by atoms with van der Waals surface area (Å²) in [7, 11) is 0. The molecule has 7 nitrogen and oxygen atoms in total. The van der Waals surface area contributed by atoms with E-state index in [-0.39, 0.29) is 17.9 Å². The largest absolute Gasteiger partial charge is 0.379 e. The maximum Gasteiger partial charge on any atom is 0.257 e. The summed E-state index contributed by atoms with van der Waals surface area (Å²) in [5.74, 6) is 0.302. The fraction of sp³-hybridized carbons (Fsp3) is 0.444. The molecular formula is C27H36N4O3. The number of carbonyl (C=O) groups is 2. The zero-order valence-electron chi connectivity index (χ0n) is 20.2. The summed E-state index contributed by atoms with van der Waals surface area (Å²) >= 11 is 0. The minimum atomic E-state index is -0.269. The second-order valence-electron chi connectivity index (χ2n) is 8.84. The minimum absolute atomic E-state index is 0.0705. The Labute approximate surface area is 202 Å². The number of rotatable bonds is 11. The Kier molecular flexibility index (Phi) is 10.3. The molecule has 2 aromatic rings. The van der Waals surface area contributed by atoms with Crippen molar-refractivity contribution in [1.82, 2.24) is 15.6 Å². The van der Waals surface area contributed by atoms with E-state index in [4.69, 9.17) is 4.74 Å². The molecule has 34 heavy (non-hydrogen) atoms. The van der Waals surface area contributed by atoms with Crippen molar-refractivity contribution < 1.29 is 14.3 Å². The van der Waals surface area contributed by atoms with Crippen molar-refractivity contribution in [2.75, 3.05) is 32.8 Å². The second kappa shape index (κ2) is 13.6. The van der Waals surface area contributed by atoms with Crippen LogP contribution < -0.4 is 10.7 Å². The van der Waals surface area contributed by atoms with Crippen LogP contribution in [0.15, 0.2) is 59.7 Å². The van der Waals surface area contributed by atoms with E-state index in [1.54, 1.807) is 18.3 Å². The SMILES string of the molecule is CC(C)c1ccc(/C=N/NC(=O)C(CCCCNC(=O)c2ccccc2)N2CCOCC2)cc1. The fourth-order valence-electron chi connectivity index (χ4n) is 3.94. The van der Waals surface area contributed by atoms with Crippen LogP contribution in [0.4, 0.5) is 0 Å². The van der Waals surface area contributed by atoms with Gasteiger partial charge in [-0.1, -0.05) is 56.3 Å². The first kappa shape index (κ1) is 25.6. The molecule has 1 aliphatic rings. The average molecular weight is 465 g/mol. The van der Waals surface area contributed by atoms with E-state index in [2.05, 4.69) is 46.7 Å². The maximum absolute atomic E-state index is 13.0. The summed E-state index contributed by atoms with van der Waals surface area (Å²) in [4.78, 5) is 27.3. The van der Waals surface area contributed by atoms with E-state index in [0.717, 1.165) is 31.5 Å². The minimum Gasteiger partial charge on any atom is -0.379 e. The number of unbranched alkanes of at least 4 members (excludes halogenated alkanes) is 1. The van der Waals surface area contributed by atoms with E-state index in [1.165, 1.54) is 5.56 Å². The molecule has 1 heterocycles. The van der Waals surface area contributed by atoms with Crippen LogP contribution in [0.1, 0.15) is 60.5 Å². The first-order valence-electron chi connectivity index (χ1n) is 12.1. The number of hydrazone groups is 1. The summed E-state index contributed by atoms with van der Waals surface area (Å²) in [5, 5.41) is 7.14. The van der Waals surface area contributed by atoms with Gasteiger partial charge in [-0.2, -0.15) is 5.10 Å². The molecule has 1 saturated heterocycles. The van der Waals surface area contributed by atoms with Crippen LogP contribution in [-0.4, -0.2) is 61.8 Å². The van der Waals surface area contributed by atoms with Crippen molar-refractivity contribution in [3.63, 3.8) is 0 Å². The molecule has 0 bridgehead atoms. The van der Waals surface area contributed by atoms with Crippen LogP contribution in [0.2, 0.25) is 0 Å². The molecule has 1 aliphatic heterocycles. The van der Waals surface area contributed by atoms with Crippen molar-refractivity contribution >= 4 is 18.0 Å². The number of hydrogen-bond donors (Lipinski definition) is 2. The van der Waals surface area contributed by atoms with Gasteiger partial charge < -0.3 is 10.1 Å². The number of ether oxygens (including phenoxy) is 1. The molecule has 0 aliphatic carbocycles. The summed E-state index contributed by atoms with van der Waals surface area (Å²) in [6.45, 7) is 7.60. The average Bonchev–Trinajstić information content (AvgIpc) is 2.87. The maximum atomic E-state index is 13.0. The van der Waals surface area contributed by atoms with Crippen LogP contribution >= 0.6 is 0 Å². The third-order valence-electron chi connectivity index (χ3n) is 6.01. The van der Waals surface area contributed by atoms with E-state index in [9.17, 15) is 9.59 Å². The Morgan fingerprint density at radius 2 is 1.74 bits per heavy atom. The third-order valence-corrected chi connectivity index (χ3v) is 6.01. The Morgan fingerprint density at radius 3 is 2.41 bits per heavy atom. The van der Waals surface area contributed by atoms with Gasteiger partial charge in [0.05, 0.1) is 25.5 Å². The number of nitrogens with zero attached hydrogens (tertiary/aromatic N) is 2. The van der Waals surface area contributed by atoms with Gasteiger partial charge in [0.15, 0.2) is 0 Å². The van der Waals surface area contributed by atoms with Crippen LogP contribution in [0, 0.1) is 0 Å². The quantitative estimate of drug-likeness (QED) is 0.303. The highest BCUT2D eigenvalue weighted by atomic mass is 16.5. The van der Waals surface area contributed by atoms with Crippen LogP contribution in [0.5, 0.6) is 0 Å². The molecule has 0 radical (unpaired) electrons. The van der Waals surface area contributed by atoms with Gasteiger partial charge in [-0.05, 0) is 48.4 Å². The van der Waals surface area contributed by atoms with Gasteiger partial charge in [-0.3, -0.25) is 14.5 Å². The molecule has 0 aromatic heterocycles. The monoisotopic (exact) mass is 464 g/mol. The molecule has 2 amide bonds. The summed E-state index contributed by atoms with van der Waals surface area (Å²) in [6, 6.07) is 17.1. The lowest BCUT2D eigenvalue weighted by Crippen LogP contribution is -2.50. The number of hydrogen-bond acceptors (Lipinski definition) is 5. The molecule has 0 saturated carbocycles. The van der Waals surface area contributed by atoms with Gasteiger partial charge in [0.1, 0.15) is 0 Å². The predicted molar refractivity (Wildman–Crippen MR) is 135 cm³/mol. The van der Waals surface area contributed by atoms with Gasteiger partial charge >= 0.3 is 0 Å². The van der Waals surface area contributed by atoms with Crippen molar-refractivity contribution in [3.05, 3.63) is 71.3 Å². The number of morpholine rings is 1. The molecule has 182 valence electrons. The standard InChI is InChI=1S/C27H36N4O3/c1-21(2)23-13-11-22(12-14-23)20-29-30-27(33)25(31-16-18-34-19-17-31)10-6-7-15-28-26(32)24-8-4-3-5-9-24/h3-5,8-9,11-14,20-21,25H,6-7,10,15-19H2,1-2H3,(H,28,32)(H,30,33)/b29-20+. The molecule has 1 atom stereocenters. The highest BCUT2D eigenvalue weighted by Gasteiger charge is 2.26. The lowest BCUT2D eigenvalue weighted by atomic mass is 10.0. The van der Waals surface area contributed by atoms with Crippen molar-refractivity contribution in [1.29, 1.82) is 0 Å².